The van der Waals surface area contributed by atoms with Gasteiger partial charge in [0.1, 0.15) is 11.8 Å². The molecule has 0 saturated carbocycles. The molecule has 2 aliphatic rings. The maximum atomic E-state index is 12.4. The number of para-hydroxylation sites is 1. The van der Waals surface area contributed by atoms with Crippen LogP contribution < -0.4 is 20.9 Å². The van der Waals surface area contributed by atoms with Crippen LogP contribution in [0.2, 0.25) is 0 Å². The lowest BCUT2D eigenvalue weighted by Crippen LogP contribution is -2.43. The molecule has 1 fully saturated rings. The summed E-state index contributed by atoms with van der Waals surface area (Å²) in [5.41, 5.74) is 7.39. The van der Waals surface area contributed by atoms with E-state index in [0.29, 0.717) is 11.7 Å². The summed E-state index contributed by atoms with van der Waals surface area (Å²) in [7, 11) is 0. The Morgan fingerprint density at radius 2 is 2.29 bits per heavy atom. The highest BCUT2D eigenvalue weighted by Gasteiger charge is 2.44. The maximum absolute atomic E-state index is 12.4. The molecule has 0 radical (unpaired) electrons. The van der Waals surface area contributed by atoms with Crippen molar-refractivity contribution in [1.82, 2.24) is 15.8 Å². The first kappa shape index (κ1) is 12.8. The van der Waals surface area contributed by atoms with Crippen molar-refractivity contribution in [3.8, 4) is 5.75 Å². The molecule has 4 rings (SSSR count). The van der Waals surface area contributed by atoms with E-state index in [1.54, 1.807) is 6.20 Å². The first-order valence-corrected chi connectivity index (χ1v) is 7.64. The monoisotopic (exact) mass is 302 g/mol. The van der Waals surface area contributed by atoms with Crippen molar-refractivity contribution in [2.24, 2.45) is 5.92 Å². The second-order valence-electron chi connectivity index (χ2n) is 5.08. The molecule has 0 aliphatic carbocycles. The van der Waals surface area contributed by atoms with Crippen LogP contribution in [0.5, 0.6) is 5.75 Å². The van der Waals surface area contributed by atoms with E-state index < -0.39 is 0 Å². The van der Waals surface area contributed by atoms with Crippen LogP contribution >= 0.6 is 11.3 Å². The quantitative estimate of drug-likeness (QED) is 0.780. The number of hydrogen-bond donors (Lipinski definition) is 3. The Bertz CT molecular complexity index is 661. The standard InChI is InChI=1S/C14H14N4O2S/c19-13(16-14-15-5-6-21-14)12-9-7-20-10-4-2-1-3-8(10)11(9)17-18-12/h1-6,9,11-12,17-18H,7H2,(H,15,16,19). The van der Waals surface area contributed by atoms with Crippen LogP contribution in [-0.4, -0.2) is 23.5 Å². The minimum Gasteiger partial charge on any atom is -0.493 e. The third kappa shape index (κ3) is 2.19. The van der Waals surface area contributed by atoms with Crippen LogP contribution in [0.25, 0.3) is 0 Å². The Morgan fingerprint density at radius 1 is 1.38 bits per heavy atom. The number of anilines is 1. The molecule has 108 valence electrons. The Morgan fingerprint density at radius 3 is 3.14 bits per heavy atom. The molecule has 2 aliphatic heterocycles. The second kappa shape index (κ2) is 5.10. The van der Waals surface area contributed by atoms with Gasteiger partial charge in [0, 0.05) is 23.1 Å². The van der Waals surface area contributed by atoms with Gasteiger partial charge in [0.15, 0.2) is 5.13 Å². The molecule has 0 spiro atoms. The molecule has 7 heteroatoms. The van der Waals surface area contributed by atoms with E-state index in [1.165, 1.54) is 11.3 Å². The zero-order valence-electron chi connectivity index (χ0n) is 11.1. The van der Waals surface area contributed by atoms with Crippen LogP contribution in [0.1, 0.15) is 11.6 Å². The summed E-state index contributed by atoms with van der Waals surface area (Å²) in [4.78, 5) is 16.5. The molecule has 1 aromatic carbocycles. The van der Waals surface area contributed by atoms with Crippen LogP contribution in [0.4, 0.5) is 5.13 Å². The molecule has 3 N–H and O–H groups in total. The molecule has 3 heterocycles. The summed E-state index contributed by atoms with van der Waals surface area (Å²) in [5, 5.41) is 5.28. The van der Waals surface area contributed by atoms with Crippen molar-refractivity contribution in [3.63, 3.8) is 0 Å². The van der Waals surface area contributed by atoms with Gasteiger partial charge in [-0.25, -0.2) is 15.8 Å². The zero-order chi connectivity index (χ0) is 14.2. The topological polar surface area (TPSA) is 75.3 Å². The number of ether oxygens (including phenoxy) is 1. The van der Waals surface area contributed by atoms with Gasteiger partial charge in [0.25, 0.3) is 0 Å². The summed E-state index contributed by atoms with van der Waals surface area (Å²) >= 11 is 1.41. The highest BCUT2D eigenvalue weighted by molar-refractivity contribution is 7.13. The number of thiazole rings is 1. The number of aromatic nitrogens is 1. The summed E-state index contributed by atoms with van der Waals surface area (Å²) in [5.74, 6) is 0.849. The zero-order valence-corrected chi connectivity index (χ0v) is 11.9. The largest absolute Gasteiger partial charge is 0.493 e. The summed E-state index contributed by atoms with van der Waals surface area (Å²) in [6.07, 6.45) is 1.67. The first-order valence-electron chi connectivity index (χ1n) is 6.76. The van der Waals surface area contributed by atoms with Crippen molar-refractivity contribution in [2.45, 2.75) is 12.1 Å². The number of hydrogen-bond acceptors (Lipinski definition) is 6. The van der Waals surface area contributed by atoms with Gasteiger partial charge in [-0.2, -0.15) is 0 Å². The predicted molar refractivity (Wildman–Crippen MR) is 79.0 cm³/mol. The van der Waals surface area contributed by atoms with Crippen molar-refractivity contribution in [3.05, 3.63) is 41.4 Å². The number of nitrogens with one attached hydrogen (secondary N) is 3. The van der Waals surface area contributed by atoms with Gasteiger partial charge in [-0.15, -0.1) is 11.3 Å². The molecular formula is C14H14N4O2S. The number of benzene rings is 1. The number of nitrogens with zero attached hydrogens (tertiary/aromatic N) is 1. The number of carbonyl (C=O) groups excluding carboxylic acids is 1. The van der Waals surface area contributed by atoms with Crippen molar-refractivity contribution in [2.75, 3.05) is 11.9 Å². The van der Waals surface area contributed by atoms with Gasteiger partial charge < -0.3 is 10.1 Å². The van der Waals surface area contributed by atoms with E-state index in [1.807, 2.05) is 29.6 Å². The van der Waals surface area contributed by atoms with Crippen molar-refractivity contribution >= 4 is 22.4 Å². The molecule has 6 nitrogen and oxygen atoms in total. The summed E-state index contributed by atoms with van der Waals surface area (Å²) in [6, 6.07) is 7.66. The third-order valence-corrected chi connectivity index (χ3v) is 4.57. The van der Waals surface area contributed by atoms with E-state index in [-0.39, 0.29) is 23.9 Å². The maximum Gasteiger partial charge on any atom is 0.245 e. The highest BCUT2D eigenvalue weighted by Crippen LogP contribution is 2.39. The number of fused-ring (bicyclic) bond motifs is 3. The van der Waals surface area contributed by atoms with Crippen LogP contribution in [0.3, 0.4) is 0 Å². The normalized spacial score (nSPS) is 26.6. The minimum atomic E-state index is -0.341. The molecule has 1 aromatic heterocycles. The Kier molecular flexibility index (Phi) is 3.10. The first-order chi connectivity index (χ1) is 10.3. The lowest BCUT2D eigenvalue weighted by molar-refractivity contribution is -0.119. The van der Waals surface area contributed by atoms with Gasteiger partial charge in [0.2, 0.25) is 5.91 Å². The third-order valence-electron chi connectivity index (χ3n) is 3.88. The summed E-state index contributed by atoms with van der Waals surface area (Å²) < 4.78 is 5.78. The van der Waals surface area contributed by atoms with Gasteiger partial charge in [-0.1, -0.05) is 18.2 Å². The van der Waals surface area contributed by atoms with Crippen LogP contribution in [0, 0.1) is 5.92 Å². The van der Waals surface area contributed by atoms with E-state index in [0.717, 1.165) is 11.3 Å². The van der Waals surface area contributed by atoms with E-state index in [9.17, 15) is 4.79 Å². The van der Waals surface area contributed by atoms with Crippen LogP contribution in [0.15, 0.2) is 35.8 Å². The number of hydrazine groups is 1. The van der Waals surface area contributed by atoms with E-state index >= 15 is 0 Å². The summed E-state index contributed by atoms with van der Waals surface area (Å²) in [6.45, 7) is 0.512. The van der Waals surface area contributed by atoms with Gasteiger partial charge in [0.05, 0.1) is 12.6 Å². The molecule has 2 aromatic rings. The number of carbonyl (C=O) groups is 1. The van der Waals surface area contributed by atoms with Gasteiger partial charge in [-0.05, 0) is 6.07 Å². The average Bonchev–Trinajstić information content (AvgIpc) is 3.15. The molecule has 1 saturated heterocycles. The molecule has 21 heavy (non-hydrogen) atoms. The average molecular weight is 302 g/mol. The number of amides is 1. The molecule has 3 unspecified atom stereocenters. The number of rotatable bonds is 2. The highest BCUT2D eigenvalue weighted by atomic mass is 32.1. The fourth-order valence-corrected chi connectivity index (χ4v) is 3.40. The molecule has 1 amide bonds. The SMILES string of the molecule is O=C(Nc1nccs1)C1NNC2c3ccccc3OCC12. The van der Waals surface area contributed by atoms with Crippen molar-refractivity contribution in [1.29, 1.82) is 0 Å². The fourth-order valence-electron chi connectivity index (χ4n) is 2.87. The molecule has 3 atom stereocenters. The minimum absolute atomic E-state index is 0.0554. The van der Waals surface area contributed by atoms with Gasteiger partial charge in [-0.3, -0.25) is 4.79 Å². The Balaban J connectivity index is 1.54. The molecular weight excluding hydrogens is 288 g/mol. The van der Waals surface area contributed by atoms with E-state index in [4.69, 9.17) is 4.74 Å². The Labute approximate surface area is 125 Å². The Hall–Kier alpha value is -1.96. The van der Waals surface area contributed by atoms with E-state index in [2.05, 4.69) is 21.2 Å². The molecule has 0 bridgehead atoms. The smallest absolute Gasteiger partial charge is 0.245 e. The van der Waals surface area contributed by atoms with Gasteiger partial charge >= 0.3 is 0 Å². The predicted octanol–water partition coefficient (Wildman–Crippen LogP) is 1.31. The van der Waals surface area contributed by atoms with Crippen LogP contribution in [-0.2, 0) is 4.79 Å². The lowest BCUT2D eigenvalue weighted by atomic mass is 9.87. The lowest BCUT2D eigenvalue weighted by Gasteiger charge is -2.29. The second-order valence-corrected chi connectivity index (χ2v) is 5.98. The fraction of sp³-hybridized carbons (Fsp3) is 0.286. The van der Waals surface area contributed by atoms with Crippen molar-refractivity contribution < 1.29 is 9.53 Å².